The molecule has 0 aromatic heterocycles. The SMILES string of the molecule is CC[C@H](C)[C@H](NC(=O)[C@H](CCC(N)=O)NC(=O)[C@@H](N)CC(=O)O)C(=O)N[C@H](C(=O)N[C@@H](C)C(=O)N[C@@H](CC(N)=O)C(=O)O)[C@@H](C)CC. The van der Waals surface area contributed by atoms with Crippen LogP contribution in [0.1, 0.15) is 73.1 Å². The molecule has 0 radical (unpaired) electrons. The molecule has 0 spiro atoms. The van der Waals surface area contributed by atoms with Gasteiger partial charge in [-0.05, 0) is 25.2 Å². The minimum absolute atomic E-state index is 0.290. The molecule has 0 aromatic carbocycles. The number of rotatable bonds is 22. The number of nitrogens with one attached hydrogen (secondary N) is 5. The fourth-order valence-corrected chi connectivity index (χ4v) is 4.08. The molecule has 266 valence electrons. The van der Waals surface area contributed by atoms with Crippen molar-refractivity contribution in [2.24, 2.45) is 29.0 Å². The highest BCUT2D eigenvalue weighted by Crippen LogP contribution is 2.13. The van der Waals surface area contributed by atoms with Gasteiger partial charge in [0.05, 0.1) is 18.9 Å². The zero-order chi connectivity index (χ0) is 36.6. The van der Waals surface area contributed by atoms with E-state index in [0.29, 0.717) is 12.8 Å². The number of carboxylic acid groups (broad SMARTS) is 2. The van der Waals surface area contributed by atoms with Crippen LogP contribution in [0.2, 0.25) is 0 Å². The predicted octanol–water partition coefficient (Wildman–Crippen LogP) is -3.45. The second-order valence-corrected chi connectivity index (χ2v) is 11.3. The van der Waals surface area contributed by atoms with E-state index < -0.39 is 114 Å². The molecule has 47 heavy (non-hydrogen) atoms. The van der Waals surface area contributed by atoms with E-state index in [1.54, 1.807) is 27.7 Å². The van der Waals surface area contributed by atoms with Gasteiger partial charge in [-0.2, -0.15) is 0 Å². The van der Waals surface area contributed by atoms with Crippen molar-refractivity contribution in [2.75, 3.05) is 0 Å². The lowest BCUT2D eigenvalue weighted by Crippen LogP contribution is -2.61. The topological polar surface area (TPSA) is 332 Å². The Bertz CT molecular complexity index is 1180. The summed E-state index contributed by atoms with van der Waals surface area (Å²) in [6.45, 7) is 8.02. The van der Waals surface area contributed by atoms with Crippen LogP contribution in [0.25, 0.3) is 0 Å². The Labute approximate surface area is 271 Å². The van der Waals surface area contributed by atoms with E-state index in [2.05, 4.69) is 26.6 Å². The van der Waals surface area contributed by atoms with Crippen LogP contribution in [0, 0.1) is 11.8 Å². The summed E-state index contributed by atoms with van der Waals surface area (Å²) >= 11 is 0. The molecule has 13 N–H and O–H groups in total. The Hall–Kier alpha value is -4.81. The Morgan fingerprint density at radius 3 is 1.49 bits per heavy atom. The lowest BCUT2D eigenvalue weighted by Gasteiger charge is -2.30. The average molecular weight is 673 g/mol. The molecule has 19 nitrogen and oxygen atoms in total. The van der Waals surface area contributed by atoms with Crippen molar-refractivity contribution in [3.63, 3.8) is 0 Å². The van der Waals surface area contributed by atoms with Gasteiger partial charge in [0, 0.05) is 6.42 Å². The normalized spacial score (nSPS) is 16.0. The summed E-state index contributed by atoms with van der Waals surface area (Å²) in [7, 11) is 0. The Kier molecular flexibility index (Phi) is 18.3. The molecule has 0 aliphatic heterocycles. The maximum atomic E-state index is 13.6. The summed E-state index contributed by atoms with van der Waals surface area (Å²) in [6, 6.07) is -8.36. The van der Waals surface area contributed by atoms with Gasteiger partial charge in [-0.1, -0.05) is 40.5 Å². The molecule has 0 saturated heterocycles. The van der Waals surface area contributed by atoms with Gasteiger partial charge in [-0.3, -0.25) is 38.4 Å². The number of hydrogen-bond acceptors (Lipinski definition) is 10. The highest BCUT2D eigenvalue weighted by atomic mass is 16.4. The number of carboxylic acids is 2. The van der Waals surface area contributed by atoms with Crippen LogP contribution in [0.4, 0.5) is 0 Å². The van der Waals surface area contributed by atoms with Gasteiger partial charge in [-0.15, -0.1) is 0 Å². The van der Waals surface area contributed by atoms with Crippen molar-refractivity contribution in [2.45, 2.75) is 109 Å². The van der Waals surface area contributed by atoms with Crippen LogP contribution in [-0.4, -0.2) is 99.8 Å². The Morgan fingerprint density at radius 2 is 1.06 bits per heavy atom. The van der Waals surface area contributed by atoms with E-state index in [9.17, 15) is 48.3 Å². The van der Waals surface area contributed by atoms with Crippen LogP contribution >= 0.6 is 0 Å². The number of carbonyl (C=O) groups is 9. The number of carbonyl (C=O) groups excluding carboxylic acids is 7. The van der Waals surface area contributed by atoms with E-state index in [1.165, 1.54) is 6.92 Å². The first-order valence-electron chi connectivity index (χ1n) is 15.0. The number of primary amides is 2. The Balaban J connectivity index is 5.98. The summed E-state index contributed by atoms with van der Waals surface area (Å²) in [5, 5.41) is 30.1. The minimum Gasteiger partial charge on any atom is -0.481 e. The van der Waals surface area contributed by atoms with Crippen molar-refractivity contribution in [3.8, 4) is 0 Å². The second-order valence-electron chi connectivity index (χ2n) is 11.3. The average Bonchev–Trinajstić information content (AvgIpc) is 2.97. The van der Waals surface area contributed by atoms with Gasteiger partial charge in [0.25, 0.3) is 0 Å². The summed E-state index contributed by atoms with van der Waals surface area (Å²) in [6.07, 6.45) is -1.30. The van der Waals surface area contributed by atoms with Crippen molar-refractivity contribution in [1.29, 1.82) is 0 Å². The molecular weight excluding hydrogens is 624 g/mol. The highest BCUT2D eigenvalue weighted by molar-refractivity contribution is 5.97. The van der Waals surface area contributed by atoms with Crippen molar-refractivity contribution >= 4 is 53.3 Å². The molecule has 19 heteroatoms. The molecule has 0 unspecified atom stereocenters. The number of aliphatic carboxylic acids is 2. The second kappa shape index (κ2) is 20.3. The molecule has 0 aromatic rings. The third-order valence-electron chi connectivity index (χ3n) is 7.40. The van der Waals surface area contributed by atoms with Crippen LogP contribution in [-0.2, 0) is 43.2 Å². The van der Waals surface area contributed by atoms with Crippen LogP contribution < -0.4 is 43.8 Å². The summed E-state index contributed by atoms with van der Waals surface area (Å²) < 4.78 is 0. The van der Waals surface area contributed by atoms with Gasteiger partial charge in [-0.25, -0.2) is 4.79 Å². The Morgan fingerprint density at radius 1 is 0.596 bits per heavy atom. The van der Waals surface area contributed by atoms with Gasteiger partial charge in [0.1, 0.15) is 30.2 Å². The molecular formula is C28H48N8O11. The van der Waals surface area contributed by atoms with Gasteiger partial charge in [0.2, 0.25) is 41.4 Å². The molecule has 0 aliphatic carbocycles. The molecule has 7 amide bonds. The van der Waals surface area contributed by atoms with Crippen molar-refractivity contribution < 1.29 is 53.4 Å². The van der Waals surface area contributed by atoms with E-state index in [1.807, 2.05) is 0 Å². The van der Waals surface area contributed by atoms with E-state index in [-0.39, 0.29) is 12.8 Å². The van der Waals surface area contributed by atoms with Gasteiger partial charge in [0.15, 0.2) is 0 Å². The van der Waals surface area contributed by atoms with Crippen molar-refractivity contribution in [3.05, 3.63) is 0 Å². The molecule has 8 atom stereocenters. The van der Waals surface area contributed by atoms with E-state index in [4.69, 9.17) is 22.3 Å². The van der Waals surface area contributed by atoms with Gasteiger partial charge >= 0.3 is 11.9 Å². The zero-order valence-electron chi connectivity index (χ0n) is 27.2. The summed E-state index contributed by atoms with van der Waals surface area (Å²) in [5.74, 6) is -10.1. The highest BCUT2D eigenvalue weighted by Gasteiger charge is 2.35. The lowest BCUT2D eigenvalue weighted by molar-refractivity contribution is -0.143. The first kappa shape index (κ1) is 42.2. The lowest BCUT2D eigenvalue weighted by atomic mass is 9.94. The first-order valence-corrected chi connectivity index (χ1v) is 15.0. The smallest absolute Gasteiger partial charge is 0.326 e. The maximum Gasteiger partial charge on any atom is 0.326 e. The predicted molar refractivity (Wildman–Crippen MR) is 164 cm³/mol. The first-order chi connectivity index (χ1) is 21.7. The number of hydrogen-bond donors (Lipinski definition) is 10. The number of amides is 7. The van der Waals surface area contributed by atoms with E-state index >= 15 is 0 Å². The quantitative estimate of drug-likeness (QED) is 0.0537. The molecule has 0 fully saturated rings. The largest absolute Gasteiger partial charge is 0.481 e. The maximum absolute atomic E-state index is 13.6. The standard InChI is InChI=1S/C28H48N8O11/c1-6-12(3)21(26(44)32-14(5)23(41)34-17(28(46)47)11-19(31)38)36-27(45)22(13(4)7-2)35-25(43)16(8-9-18(30)37)33-24(42)15(29)10-20(39)40/h12-17,21-22H,6-11,29H2,1-5H3,(H2,30,37)(H2,31,38)(H,32,44)(H,33,42)(H,34,41)(H,35,43)(H,36,45)(H,39,40)(H,46,47)/t12-,13-,14-,15-,16-,17-,21-,22-/m0/s1. The number of nitrogens with two attached hydrogens (primary N) is 3. The van der Waals surface area contributed by atoms with Gasteiger partial charge < -0.3 is 54.0 Å². The van der Waals surface area contributed by atoms with Crippen LogP contribution in [0.5, 0.6) is 0 Å². The zero-order valence-corrected chi connectivity index (χ0v) is 27.2. The fraction of sp³-hybridized carbons (Fsp3) is 0.679. The summed E-state index contributed by atoms with van der Waals surface area (Å²) in [5.41, 5.74) is 15.8. The molecule has 0 bridgehead atoms. The van der Waals surface area contributed by atoms with Crippen LogP contribution in [0.3, 0.4) is 0 Å². The summed E-state index contributed by atoms with van der Waals surface area (Å²) in [4.78, 5) is 110. The third kappa shape index (κ3) is 15.4. The van der Waals surface area contributed by atoms with Crippen LogP contribution in [0.15, 0.2) is 0 Å². The molecule has 0 heterocycles. The third-order valence-corrected chi connectivity index (χ3v) is 7.40. The molecule has 0 rings (SSSR count). The fourth-order valence-electron chi connectivity index (χ4n) is 4.08. The minimum atomic E-state index is -1.63. The monoisotopic (exact) mass is 672 g/mol. The molecule has 0 saturated carbocycles. The van der Waals surface area contributed by atoms with E-state index in [0.717, 1.165) is 0 Å². The van der Waals surface area contributed by atoms with Crippen molar-refractivity contribution in [1.82, 2.24) is 26.6 Å². The molecule has 0 aliphatic rings.